The maximum Gasteiger partial charge on any atom is 0.340 e. The third-order valence-corrected chi connectivity index (χ3v) is 4.77. The number of nitrogens with zero attached hydrogens (tertiary/aromatic N) is 1. The number of halogens is 2. The fourth-order valence-corrected chi connectivity index (χ4v) is 3.43. The van der Waals surface area contributed by atoms with Gasteiger partial charge in [0, 0.05) is 16.2 Å². The fourth-order valence-electron chi connectivity index (χ4n) is 2.87. The van der Waals surface area contributed by atoms with Gasteiger partial charge >= 0.3 is 5.97 Å². The molecule has 124 valence electrons. The molecule has 1 atom stereocenters. The van der Waals surface area contributed by atoms with Crippen LogP contribution in [-0.2, 0) is 16.0 Å². The molecule has 0 aromatic heterocycles. The quantitative estimate of drug-likeness (QED) is 0.714. The Morgan fingerprint density at radius 1 is 1.29 bits per heavy atom. The highest BCUT2D eigenvalue weighted by atomic mass is 79.9. The molecule has 0 saturated heterocycles. The maximum absolute atomic E-state index is 12.5. The molecule has 1 aliphatic rings. The first-order valence-corrected chi connectivity index (χ1v) is 8.66. The molecule has 0 N–H and O–H groups in total. The Morgan fingerprint density at radius 2 is 2.04 bits per heavy atom. The summed E-state index contributed by atoms with van der Waals surface area (Å²) in [5.74, 6) is -0.860. The van der Waals surface area contributed by atoms with E-state index in [0.29, 0.717) is 4.47 Å². The van der Waals surface area contributed by atoms with E-state index in [1.165, 1.54) is 0 Å². The highest BCUT2D eigenvalue weighted by Crippen LogP contribution is 2.31. The van der Waals surface area contributed by atoms with Gasteiger partial charge in [0.25, 0.3) is 5.91 Å². The number of ether oxygens (including phenoxy) is 1. The van der Waals surface area contributed by atoms with Crippen LogP contribution in [0.4, 0.5) is 5.69 Å². The van der Waals surface area contributed by atoms with Gasteiger partial charge < -0.3 is 9.64 Å². The Morgan fingerprint density at radius 3 is 2.83 bits per heavy atom. The van der Waals surface area contributed by atoms with Crippen molar-refractivity contribution in [2.45, 2.75) is 19.4 Å². The molecule has 0 unspecified atom stereocenters. The molecule has 0 spiro atoms. The molecule has 1 aliphatic heterocycles. The number of hydrogen-bond acceptors (Lipinski definition) is 3. The second-order valence-electron chi connectivity index (χ2n) is 5.65. The van der Waals surface area contributed by atoms with Crippen molar-refractivity contribution in [2.24, 2.45) is 0 Å². The first-order valence-electron chi connectivity index (χ1n) is 7.49. The minimum atomic E-state index is -0.616. The largest absolute Gasteiger partial charge is 0.452 e. The van der Waals surface area contributed by atoms with E-state index in [0.717, 1.165) is 17.7 Å². The van der Waals surface area contributed by atoms with E-state index in [1.807, 2.05) is 31.2 Å². The van der Waals surface area contributed by atoms with Crippen LogP contribution in [0.1, 0.15) is 22.8 Å². The molecule has 0 aliphatic carbocycles. The van der Waals surface area contributed by atoms with Crippen LogP contribution >= 0.6 is 27.5 Å². The van der Waals surface area contributed by atoms with Crippen LogP contribution < -0.4 is 4.90 Å². The number of fused-ring (bicyclic) bond motifs is 1. The van der Waals surface area contributed by atoms with Gasteiger partial charge in [0.15, 0.2) is 6.61 Å². The number of anilines is 1. The third-order valence-electron chi connectivity index (χ3n) is 3.95. The van der Waals surface area contributed by atoms with Gasteiger partial charge in [0.05, 0.1) is 10.6 Å². The molecule has 0 fully saturated rings. The van der Waals surface area contributed by atoms with Gasteiger partial charge in [-0.25, -0.2) is 4.79 Å². The lowest BCUT2D eigenvalue weighted by Crippen LogP contribution is -2.38. The minimum Gasteiger partial charge on any atom is -0.452 e. The van der Waals surface area contributed by atoms with Crippen LogP contribution in [0, 0.1) is 0 Å². The van der Waals surface area contributed by atoms with Gasteiger partial charge in [-0.2, -0.15) is 0 Å². The Labute approximate surface area is 153 Å². The van der Waals surface area contributed by atoms with Crippen molar-refractivity contribution >= 4 is 45.1 Å². The zero-order valence-electron chi connectivity index (χ0n) is 13.0. The van der Waals surface area contributed by atoms with E-state index in [1.54, 1.807) is 23.1 Å². The Kier molecular flexibility index (Phi) is 4.92. The van der Waals surface area contributed by atoms with Crippen molar-refractivity contribution in [3.63, 3.8) is 0 Å². The molecule has 2 aromatic rings. The number of amides is 1. The summed E-state index contributed by atoms with van der Waals surface area (Å²) in [5.41, 5.74) is 2.24. The molecule has 0 saturated carbocycles. The minimum absolute atomic E-state index is 0.0445. The molecule has 24 heavy (non-hydrogen) atoms. The van der Waals surface area contributed by atoms with Crippen molar-refractivity contribution in [2.75, 3.05) is 11.5 Å². The SMILES string of the molecule is C[C@@H]1Cc2ccccc2N1C(=O)COC(=O)c1cc(Br)ccc1Cl. The maximum atomic E-state index is 12.5. The van der Waals surface area contributed by atoms with Crippen molar-refractivity contribution in [1.82, 2.24) is 0 Å². The highest BCUT2D eigenvalue weighted by Gasteiger charge is 2.31. The number of para-hydroxylation sites is 1. The van der Waals surface area contributed by atoms with Gasteiger partial charge in [-0.3, -0.25) is 4.79 Å². The summed E-state index contributed by atoms with van der Waals surface area (Å²) < 4.78 is 5.88. The molecular formula is C18H15BrClNO3. The predicted molar refractivity (Wildman–Crippen MR) is 96.5 cm³/mol. The Bertz CT molecular complexity index is 809. The van der Waals surface area contributed by atoms with Crippen LogP contribution in [0.5, 0.6) is 0 Å². The fraction of sp³-hybridized carbons (Fsp3) is 0.222. The van der Waals surface area contributed by atoms with Crippen LogP contribution in [0.3, 0.4) is 0 Å². The van der Waals surface area contributed by atoms with Crippen LogP contribution in [0.15, 0.2) is 46.9 Å². The number of hydrogen-bond donors (Lipinski definition) is 0. The van der Waals surface area contributed by atoms with Gasteiger partial charge in [-0.15, -0.1) is 0 Å². The number of rotatable bonds is 3. The number of benzene rings is 2. The molecule has 6 heteroatoms. The Balaban J connectivity index is 1.70. The van der Waals surface area contributed by atoms with Gasteiger partial charge in [0.1, 0.15) is 0 Å². The van der Waals surface area contributed by atoms with Gasteiger partial charge in [-0.1, -0.05) is 45.7 Å². The summed E-state index contributed by atoms with van der Waals surface area (Å²) >= 11 is 9.29. The van der Waals surface area contributed by atoms with Crippen LogP contribution in [0.25, 0.3) is 0 Å². The average molecular weight is 409 g/mol. The highest BCUT2D eigenvalue weighted by molar-refractivity contribution is 9.10. The third kappa shape index (κ3) is 3.32. The van der Waals surface area contributed by atoms with E-state index in [2.05, 4.69) is 15.9 Å². The predicted octanol–water partition coefficient (Wildman–Crippen LogP) is 4.24. The zero-order chi connectivity index (χ0) is 17.3. The molecule has 1 amide bonds. The smallest absolute Gasteiger partial charge is 0.340 e. The summed E-state index contributed by atoms with van der Waals surface area (Å²) in [6.45, 7) is 1.66. The molecular weight excluding hydrogens is 394 g/mol. The van der Waals surface area contributed by atoms with E-state index < -0.39 is 5.97 Å². The molecule has 0 radical (unpaired) electrons. The number of carbonyl (C=O) groups excluding carboxylic acids is 2. The van der Waals surface area contributed by atoms with Crippen LogP contribution in [-0.4, -0.2) is 24.5 Å². The van der Waals surface area contributed by atoms with Crippen molar-refractivity contribution < 1.29 is 14.3 Å². The topological polar surface area (TPSA) is 46.6 Å². The monoisotopic (exact) mass is 407 g/mol. The lowest BCUT2D eigenvalue weighted by Gasteiger charge is -2.22. The van der Waals surface area contributed by atoms with Gasteiger partial charge in [-0.05, 0) is 43.2 Å². The molecule has 4 nitrogen and oxygen atoms in total. The lowest BCUT2D eigenvalue weighted by molar-refractivity contribution is -0.122. The molecule has 2 aromatic carbocycles. The molecule has 3 rings (SSSR count). The average Bonchev–Trinajstić information content (AvgIpc) is 2.90. The summed E-state index contributed by atoms with van der Waals surface area (Å²) in [4.78, 5) is 26.4. The van der Waals surface area contributed by atoms with Crippen molar-refractivity contribution in [3.05, 3.63) is 63.1 Å². The summed E-state index contributed by atoms with van der Waals surface area (Å²) in [6, 6.07) is 12.7. The first kappa shape index (κ1) is 17.0. The number of esters is 1. The first-order chi connectivity index (χ1) is 11.5. The van der Waals surface area contributed by atoms with E-state index in [4.69, 9.17) is 16.3 Å². The standard InChI is InChI=1S/C18H15BrClNO3/c1-11-8-12-4-2-3-5-16(12)21(11)17(22)10-24-18(23)14-9-13(19)6-7-15(14)20/h2-7,9,11H,8,10H2,1H3/t11-/m1/s1. The van der Waals surface area contributed by atoms with Crippen LogP contribution in [0.2, 0.25) is 5.02 Å². The molecule has 0 bridgehead atoms. The summed E-state index contributed by atoms with van der Waals surface area (Å²) in [7, 11) is 0. The van der Waals surface area contributed by atoms with E-state index in [-0.39, 0.29) is 29.1 Å². The zero-order valence-corrected chi connectivity index (χ0v) is 15.3. The second-order valence-corrected chi connectivity index (χ2v) is 6.97. The number of carbonyl (C=O) groups is 2. The summed E-state index contributed by atoms with van der Waals surface area (Å²) in [6.07, 6.45) is 0.799. The summed E-state index contributed by atoms with van der Waals surface area (Å²) in [5, 5.41) is 0.288. The molecule has 1 heterocycles. The van der Waals surface area contributed by atoms with E-state index in [9.17, 15) is 9.59 Å². The van der Waals surface area contributed by atoms with Crippen molar-refractivity contribution in [1.29, 1.82) is 0 Å². The second kappa shape index (κ2) is 6.95. The normalized spacial score (nSPS) is 16.0. The van der Waals surface area contributed by atoms with Crippen molar-refractivity contribution in [3.8, 4) is 0 Å². The van der Waals surface area contributed by atoms with E-state index >= 15 is 0 Å². The lowest BCUT2D eigenvalue weighted by atomic mass is 10.1. The van der Waals surface area contributed by atoms with Gasteiger partial charge in [0.2, 0.25) is 0 Å². The Hall–Kier alpha value is -1.85.